The van der Waals surface area contributed by atoms with Crippen LogP contribution >= 0.6 is 0 Å². The minimum atomic E-state index is -0.933. The number of hydrogen-bond donors (Lipinski definition) is 2. The third-order valence-corrected chi connectivity index (χ3v) is 3.96. The number of carbonyl (C=O) groups is 1. The number of aromatic carboxylic acids is 1. The second kappa shape index (κ2) is 8.00. The molecule has 2 N–H and O–H groups in total. The van der Waals surface area contributed by atoms with Crippen LogP contribution in [0, 0.1) is 0 Å². The zero-order valence-corrected chi connectivity index (χ0v) is 12.2. The third-order valence-electron chi connectivity index (χ3n) is 3.96. The number of likely N-dealkylation sites (tertiary alicyclic amines) is 1. The maximum absolute atomic E-state index is 10.8. The summed E-state index contributed by atoms with van der Waals surface area (Å²) < 4.78 is 5.66. The van der Waals surface area contributed by atoms with Gasteiger partial charge in [-0.05, 0) is 43.7 Å². The van der Waals surface area contributed by atoms with Crippen molar-refractivity contribution in [3.63, 3.8) is 0 Å². The number of hydrogen-bond acceptors (Lipinski definition) is 4. The second-order valence-corrected chi connectivity index (χ2v) is 5.40. The SMILES string of the molecule is O=C(O)c1ccc(OCCN2CCCCCC2CO)cc1. The predicted octanol–water partition coefficient (Wildman–Crippen LogP) is 2.00. The van der Waals surface area contributed by atoms with E-state index in [1.54, 1.807) is 24.3 Å². The van der Waals surface area contributed by atoms with Gasteiger partial charge in [0.1, 0.15) is 12.4 Å². The number of carboxylic acids is 1. The average Bonchev–Trinajstić information content (AvgIpc) is 2.73. The number of rotatable bonds is 6. The fraction of sp³-hybridized carbons (Fsp3) is 0.562. The van der Waals surface area contributed by atoms with Crippen molar-refractivity contribution in [3.8, 4) is 5.75 Å². The molecule has 21 heavy (non-hydrogen) atoms. The van der Waals surface area contributed by atoms with Gasteiger partial charge < -0.3 is 14.9 Å². The molecular formula is C16H23NO4. The van der Waals surface area contributed by atoms with Crippen LogP contribution in [-0.4, -0.2) is 53.4 Å². The van der Waals surface area contributed by atoms with Gasteiger partial charge in [0.15, 0.2) is 0 Å². The normalized spacial score (nSPS) is 20.0. The van der Waals surface area contributed by atoms with Crippen LogP contribution in [0.2, 0.25) is 0 Å². The minimum absolute atomic E-state index is 0.202. The molecular weight excluding hydrogens is 270 g/mol. The molecule has 1 aromatic rings. The van der Waals surface area contributed by atoms with Gasteiger partial charge in [0.25, 0.3) is 0 Å². The first-order valence-corrected chi connectivity index (χ1v) is 7.52. The smallest absolute Gasteiger partial charge is 0.335 e. The lowest BCUT2D eigenvalue weighted by Gasteiger charge is -2.28. The molecule has 1 heterocycles. The summed E-state index contributed by atoms with van der Waals surface area (Å²) >= 11 is 0. The lowest BCUT2D eigenvalue weighted by atomic mass is 10.1. The zero-order valence-electron chi connectivity index (χ0n) is 12.2. The highest BCUT2D eigenvalue weighted by Gasteiger charge is 2.19. The Hall–Kier alpha value is -1.59. The van der Waals surface area contributed by atoms with Gasteiger partial charge in [-0.25, -0.2) is 4.79 Å². The van der Waals surface area contributed by atoms with Gasteiger partial charge in [0.05, 0.1) is 12.2 Å². The maximum Gasteiger partial charge on any atom is 0.335 e. The Kier molecular flexibility index (Phi) is 6.02. The van der Waals surface area contributed by atoms with Gasteiger partial charge in [0, 0.05) is 12.6 Å². The highest BCUT2D eigenvalue weighted by Crippen LogP contribution is 2.17. The molecule has 2 rings (SSSR count). The molecule has 1 fully saturated rings. The van der Waals surface area contributed by atoms with Gasteiger partial charge in [-0.3, -0.25) is 4.90 Å². The molecule has 0 radical (unpaired) electrons. The van der Waals surface area contributed by atoms with Crippen LogP contribution in [0.3, 0.4) is 0 Å². The summed E-state index contributed by atoms with van der Waals surface area (Å²) in [5, 5.41) is 18.3. The number of nitrogens with zero attached hydrogens (tertiary/aromatic N) is 1. The van der Waals surface area contributed by atoms with E-state index >= 15 is 0 Å². The fourth-order valence-electron chi connectivity index (χ4n) is 2.71. The van der Waals surface area contributed by atoms with E-state index in [1.807, 2.05) is 0 Å². The molecule has 116 valence electrons. The van der Waals surface area contributed by atoms with Crippen LogP contribution in [0.1, 0.15) is 36.0 Å². The van der Waals surface area contributed by atoms with E-state index in [9.17, 15) is 9.90 Å². The Balaban J connectivity index is 1.81. The zero-order chi connectivity index (χ0) is 15.1. The number of carboxylic acid groups (broad SMARTS) is 1. The van der Waals surface area contributed by atoms with Gasteiger partial charge in [-0.1, -0.05) is 12.8 Å². The molecule has 0 saturated carbocycles. The van der Waals surface area contributed by atoms with Crippen molar-refractivity contribution in [1.82, 2.24) is 4.90 Å². The van der Waals surface area contributed by atoms with Gasteiger partial charge in [0.2, 0.25) is 0 Å². The standard InChI is InChI=1S/C16H23NO4/c18-12-14-4-2-1-3-9-17(14)10-11-21-15-7-5-13(6-8-15)16(19)20/h5-8,14,18H,1-4,9-12H2,(H,19,20). The molecule has 0 aromatic heterocycles. The Morgan fingerprint density at radius 3 is 2.67 bits per heavy atom. The Morgan fingerprint density at radius 1 is 1.24 bits per heavy atom. The lowest BCUT2D eigenvalue weighted by molar-refractivity contribution is 0.0697. The Morgan fingerprint density at radius 2 is 2.00 bits per heavy atom. The van der Waals surface area contributed by atoms with Crippen LogP contribution in [0.4, 0.5) is 0 Å². The number of benzene rings is 1. The molecule has 1 atom stereocenters. The highest BCUT2D eigenvalue weighted by molar-refractivity contribution is 5.87. The molecule has 0 aliphatic carbocycles. The topological polar surface area (TPSA) is 70.0 Å². The highest BCUT2D eigenvalue weighted by atomic mass is 16.5. The minimum Gasteiger partial charge on any atom is -0.492 e. The van der Waals surface area contributed by atoms with Crippen molar-refractivity contribution in [3.05, 3.63) is 29.8 Å². The van der Waals surface area contributed by atoms with Crippen molar-refractivity contribution in [2.75, 3.05) is 26.3 Å². The van der Waals surface area contributed by atoms with E-state index in [2.05, 4.69) is 4.90 Å². The monoisotopic (exact) mass is 293 g/mol. The van der Waals surface area contributed by atoms with E-state index in [4.69, 9.17) is 9.84 Å². The molecule has 1 aliphatic rings. The van der Waals surface area contributed by atoms with Crippen LogP contribution in [0.25, 0.3) is 0 Å². The van der Waals surface area contributed by atoms with Crippen molar-refractivity contribution in [2.24, 2.45) is 0 Å². The first-order valence-electron chi connectivity index (χ1n) is 7.52. The molecule has 5 nitrogen and oxygen atoms in total. The summed E-state index contributed by atoms with van der Waals surface area (Å²) in [6.07, 6.45) is 4.62. The lowest BCUT2D eigenvalue weighted by Crippen LogP contribution is -2.40. The van der Waals surface area contributed by atoms with E-state index in [0.717, 1.165) is 19.5 Å². The summed E-state index contributed by atoms with van der Waals surface area (Å²) in [5.74, 6) is -0.257. The molecule has 5 heteroatoms. The molecule has 1 unspecified atom stereocenters. The van der Waals surface area contributed by atoms with Gasteiger partial charge in [-0.15, -0.1) is 0 Å². The van der Waals surface area contributed by atoms with Gasteiger partial charge >= 0.3 is 5.97 Å². The number of aliphatic hydroxyl groups is 1. The quantitative estimate of drug-likeness (QED) is 0.839. The molecule has 0 bridgehead atoms. The van der Waals surface area contributed by atoms with E-state index < -0.39 is 5.97 Å². The average molecular weight is 293 g/mol. The van der Waals surface area contributed by atoms with Crippen molar-refractivity contribution < 1.29 is 19.7 Å². The van der Waals surface area contributed by atoms with E-state index in [0.29, 0.717) is 12.4 Å². The molecule has 1 aromatic carbocycles. The van der Waals surface area contributed by atoms with Crippen LogP contribution in [0.15, 0.2) is 24.3 Å². The third kappa shape index (κ3) is 4.72. The van der Waals surface area contributed by atoms with Gasteiger partial charge in [-0.2, -0.15) is 0 Å². The largest absolute Gasteiger partial charge is 0.492 e. The predicted molar refractivity (Wildman–Crippen MR) is 79.8 cm³/mol. The van der Waals surface area contributed by atoms with Crippen molar-refractivity contribution in [2.45, 2.75) is 31.7 Å². The summed E-state index contributed by atoms with van der Waals surface area (Å²) in [7, 11) is 0. The number of ether oxygens (including phenoxy) is 1. The second-order valence-electron chi connectivity index (χ2n) is 5.40. The van der Waals surface area contributed by atoms with Crippen LogP contribution in [-0.2, 0) is 0 Å². The fourth-order valence-corrected chi connectivity index (χ4v) is 2.71. The summed E-state index contributed by atoms with van der Waals surface area (Å²) in [6, 6.07) is 6.68. The van der Waals surface area contributed by atoms with E-state index in [-0.39, 0.29) is 18.2 Å². The molecule has 0 spiro atoms. The first-order chi connectivity index (χ1) is 10.2. The first kappa shape index (κ1) is 15.8. The maximum atomic E-state index is 10.8. The Labute approximate surface area is 125 Å². The molecule has 1 aliphatic heterocycles. The number of aliphatic hydroxyl groups excluding tert-OH is 1. The molecule has 1 saturated heterocycles. The summed E-state index contributed by atoms with van der Waals surface area (Å²) in [6.45, 7) is 2.54. The van der Waals surface area contributed by atoms with Crippen molar-refractivity contribution >= 4 is 5.97 Å². The summed E-state index contributed by atoms with van der Waals surface area (Å²) in [5.41, 5.74) is 0.259. The van der Waals surface area contributed by atoms with Crippen molar-refractivity contribution in [1.29, 1.82) is 0 Å². The Bertz CT molecular complexity index is 446. The molecule has 0 amide bonds. The van der Waals surface area contributed by atoms with Crippen LogP contribution < -0.4 is 4.74 Å². The van der Waals surface area contributed by atoms with E-state index in [1.165, 1.54) is 19.3 Å². The van der Waals surface area contributed by atoms with Crippen LogP contribution in [0.5, 0.6) is 5.75 Å². The summed E-state index contributed by atoms with van der Waals surface area (Å²) in [4.78, 5) is 13.1.